The molecule has 0 aliphatic rings. The van der Waals surface area contributed by atoms with E-state index in [1.807, 2.05) is 18.2 Å². The molecular formula is C11H15BrClN. The van der Waals surface area contributed by atoms with E-state index in [1.165, 1.54) is 6.42 Å². The summed E-state index contributed by atoms with van der Waals surface area (Å²) >= 11 is 9.35. The summed E-state index contributed by atoms with van der Waals surface area (Å²) in [7, 11) is 0. The summed E-state index contributed by atoms with van der Waals surface area (Å²) in [5, 5.41) is 0.737. The van der Waals surface area contributed by atoms with Crippen molar-refractivity contribution in [3.63, 3.8) is 0 Å². The molecular weight excluding hydrogens is 261 g/mol. The summed E-state index contributed by atoms with van der Waals surface area (Å²) in [4.78, 5) is 0. The van der Waals surface area contributed by atoms with Gasteiger partial charge in [-0.05, 0) is 30.2 Å². The maximum atomic E-state index is 6.04. The van der Waals surface area contributed by atoms with Crippen LogP contribution in [0.2, 0.25) is 5.02 Å². The minimum Gasteiger partial charge on any atom is -0.324 e. The van der Waals surface area contributed by atoms with E-state index in [1.54, 1.807) is 0 Å². The predicted octanol–water partition coefficient (Wildman–Crippen LogP) is 4.29. The highest BCUT2D eigenvalue weighted by Gasteiger charge is 2.06. The third-order valence-electron chi connectivity index (χ3n) is 2.18. The van der Waals surface area contributed by atoms with E-state index in [0.717, 1.165) is 27.9 Å². The summed E-state index contributed by atoms with van der Waals surface area (Å²) in [6, 6.07) is 5.95. The number of hydrogen-bond donors (Lipinski definition) is 1. The lowest BCUT2D eigenvalue weighted by molar-refractivity contribution is 0.603. The number of halogens is 2. The molecule has 0 unspecified atom stereocenters. The van der Waals surface area contributed by atoms with Gasteiger partial charge in [0.05, 0.1) is 0 Å². The van der Waals surface area contributed by atoms with Gasteiger partial charge in [-0.25, -0.2) is 0 Å². The molecule has 1 atom stereocenters. The first-order valence-corrected chi connectivity index (χ1v) is 6.02. The molecule has 0 saturated carbocycles. The van der Waals surface area contributed by atoms with Crippen LogP contribution in [0, 0.1) is 0 Å². The summed E-state index contributed by atoms with van der Waals surface area (Å²) in [6.07, 6.45) is 3.35. The Bertz CT molecular complexity index is 281. The Hall–Kier alpha value is -0.0500. The minimum absolute atomic E-state index is 0.102. The lowest BCUT2D eigenvalue weighted by Gasteiger charge is -2.12. The molecule has 0 spiro atoms. The molecule has 1 aromatic carbocycles. The van der Waals surface area contributed by atoms with Crippen molar-refractivity contribution in [3.8, 4) is 0 Å². The zero-order valence-corrected chi connectivity index (χ0v) is 10.6. The highest BCUT2D eigenvalue weighted by molar-refractivity contribution is 9.10. The van der Waals surface area contributed by atoms with Crippen molar-refractivity contribution in [1.82, 2.24) is 0 Å². The highest BCUT2D eigenvalue weighted by Crippen LogP contribution is 2.25. The number of hydrogen-bond acceptors (Lipinski definition) is 1. The van der Waals surface area contributed by atoms with Crippen molar-refractivity contribution >= 4 is 27.5 Å². The quantitative estimate of drug-likeness (QED) is 0.872. The maximum Gasteiger partial charge on any atom is 0.0420 e. The third-order valence-corrected chi connectivity index (χ3v) is 2.86. The predicted molar refractivity (Wildman–Crippen MR) is 65.6 cm³/mol. The van der Waals surface area contributed by atoms with Gasteiger partial charge in [0.2, 0.25) is 0 Å². The zero-order chi connectivity index (χ0) is 10.6. The fourth-order valence-corrected chi connectivity index (χ4v) is 2.27. The Kier molecular flexibility index (Phi) is 4.93. The number of nitrogens with two attached hydrogens (primary N) is 1. The Morgan fingerprint density at radius 3 is 2.71 bits per heavy atom. The van der Waals surface area contributed by atoms with Crippen LogP contribution in [0.1, 0.15) is 37.8 Å². The van der Waals surface area contributed by atoms with E-state index in [9.17, 15) is 0 Å². The van der Waals surface area contributed by atoms with Crippen molar-refractivity contribution in [3.05, 3.63) is 33.3 Å². The monoisotopic (exact) mass is 275 g/mol. The summed E-state index contributed by atoms with van der Waals surface area (Å²) in [5.74, 6) is 0. The van der Waals surface area contributed by atoms with Gasteiger partial charge in [0.25, 0.3) is 0 Å². The molecule has 1 rings (SSSR count). The van der Waals surface area contributed by atoms with E-state index in [-0.39, 0.29) is 6.04 Å². The summed E-state index contributed by atoms with van der Waals surface area (Å²) < 4.78 is 0.993. The van der Waals surface area contributed by atoms with Gasteiger partial charge < -0.3 is 5.73 Å². The van der Waals surface area contributed by atoms with Crippen LogP contribution in [0.5, 0.6) is 0 Å². The van der Waals surface area contributed by atoms with Crippen molar-refractivity contribution in [2.75, 3.05) is 0 Å². The second kappa shape index (κ2) is 5.74. The first-order valence-electron chi connectivity index (χ1n) is 4.85. The molecule has 0 amide bonds. The molecule has 0 aliphatic carbocycles. The van der Waals surface area contributed by atoms with Crippen molar-refractivity contribution in [2.24, 2.45) is 5.73 Å². The third kappa shape index (κ3) is 3.60. The number of unbranched alkanes of at least 4 members (excludes halogenated alkanes) is 1. The second-order valence-corrected chi connectivity index (χ2v) is 4.80. The maximum absolute atomic E-state index is 6.04. The van der Waals surface area contributed by atoms with Crippen LogP contribution in [0.15, 0.2) is 22.7 Å². The van der Waals surface area contributed by atoms with Crippen molar-refractivity contribution in [1.29, 1.82) is 0 Å². The van der Waals surface area contributed by atoms with E-state index in [0.29, 0.717) is 0 Å². The van der Waals surface area contributed by atoms with E-state index in [2.05, 4.69) is 22.9 Å². The molecule has 14 heavy (non-hydrogen) atoms. The topological polar surface area (TPSA) is 26.0 Å². The van der Waals surface area contributed by atoms with Gasteiger partial charge in [-0.1, -0.05) is 47.3 Å². The second-order valence-electron chi connectivity index (χ2n) is 3.45. The fourth-order valence-electron chi connectivity index (χ4n) is 1.38. The molecule has 0 saturated heterocycles. The summed E-state index contributed by atoms with van der Waals surface area (Å²) in [6.45, 7) is 2.17. The van der Waals surface area contributed by atoms with Gasteiger partial charge in [0.15, 0.2) is 0 Å². The Balaban J connectivity index is 2.73. The molecule has 1 nitrogen and oxygen atoms in total. The number of rotatable bonds is 4. The average molecular weight is 277 g/mol. The van der Waals surface area contributed by atoms with Gasteiger partial charge in [-0.3, -0.25) is 0 Å². The lowest BCUT2D eigenvalue weighted by atomic mass is 10.0. The molecule has 0 aromatic heterocycles. The fraction of sp³-hybridized carbons (Fsp3) is 0.455. The molecule has 3 heteroatoms. The minimum atomic E-state index is 0.102. The van der Waals surface area contributed by atoms with Crippen LogP contribution in [-0.2, 0) is 0 Å². The Morgan fingerprint density at radius 2 is 2.14 bits per heavy atom. The van der Waals surface area contributed by atoms with Crippen molar-refractivity contribution in [2.45, 2.75) is 32.2 Å². The molecule has 2 N–H and O–H groups in total. The molecule has 0 radical (unpaired) electrons. The van der Waals surface area contributed by atoms with Gasteiger partial charge in [-0.15, -0.1) is 0 Å². The molecule has 78 valence electrons. The average Bonchev–Trinajstić information content (AvgIpc) is 2.12. The van der Waals surface area contributed by atoms with Gasteiger partial charge in [-0.2, -0.15) is 0 Å². The van der Waals surface area contributed by atoms with Gasteiger partial charge in [0, 0.05) is 15.5 Å². The van der Waals surface area contributed by atoms with Crippen LogP contribution >= 0.6 is 27.5 Å². The van der Waals surface area contributed by atoms with Crippen LogP contribution in [-0.4, -0.2) is 0 Å². The normalized spacial score (nSPS) is 12.9. The van der Waals surface area contributed by atoms with Gasteiger partial charge in [0.1, 0.15) is 0 Å². The lowest BCUT2D eigenvalue weighted by Crippen LogP contribution is -2.09. The van der Waals surface area contributed by atoms with E-state index < -0.39 is 0 Å². The van der Waals surface area contributed by atoms with Crippen LogP contribution in [0.4, 0.5) is 0 Å². The standard InChI is InChI=1S/C11H15BrClN/c1-2-3-4-11(14)8-5-9(12)7-10(13)6-8/h5-7,11H,2-4,14H2,1H3/t11-/m0/s1. The molecule has 0 bridgehead atoms. The first kappa shape index (κ1) is 12.0. The smallest absolute Gasteiger partial charge is 0.0420 e. The van der Waals surface area contributed by atoms with Crippen LogP contribution in [0.3, 0.4) is 0 Å². The van der Waals surface area contributed by atoms with Gasteiger partial charge >= 0.3 is 0 Å². The van der Waals surface area contributed by atoms with Crippen LogP contribution < -0.4 is 5.73 Å². The molecule has 1 aromatic rings. The zero-order valence-electron chi connectivity index (χ0n) is 8.26. The molecule has 0 heterocycles. The Morgan fingerprint density at radius 1 is 1.43 bits per heavy atom. The molecule has 0 aliphatic heterocycles. The van der Waals surface area contributed by atoms with Crippen LogP contribution in [0.25, 0.3) is 0 Å². The largest absolute Gasteiger partial charge is 0.324 e. The highest BCUT2D eigenvalue weighted by atomic mass is 79.9. The van der Waals surface area contributed by atoms with E-state index in [4.69, 9.17) is 17.3 Å². The molecule has 0 fully saturated rings. The number of benzene rings is 1. The first-order chi connectivity index (χ1) is 6.63. The SMILES string of the molecule is CCCC[C@H](N)c1cc(Cl)cc(Br)c1. The summed E-state index contributed by atoms with van der Waals surface area (Å²) in [5.41, 5.74) is 7.15. The van der Waals surface area contributed by atoms with Crippen molar-refractivity contribution < 1.29 is 0 Å². The Labute approximate surface area is 98.8 Å². The van der Waals surface area contributed by atoms with E-state index >= 15 is 0 Å².